The van der Waals surface area contributed by atoms with Gasteiger partial charge in [-0.25, -0.2) is 4.79 Å². The highest BCUT2D eigenvalue weighted by Gasteiger charge is 2.09. The molecule has 1 N–H and O–H groups in total. The summed E-state index contributed by atoms with van der Waals surface area (Å²) in [6.45, 7) is 0. The van der Waals surface area contributed by atoms with Gasteiger partial charge in [-0.15, -0.1) is 0 Å². The molecule has 0 amide bonds. The molecule has 0 spiro atoms. The van der Waals surface area contributed by atoms with Gasteiger partial charge in [0, 0.05) is 16.3 Å². The highest BCUT2D eigenvalue weighted by Crippen LogP contribution is 2.32. The molecule has 5 aromatic rings. The van der Waals surface area contributed by atoms with E-state index in [-0.39, 0.29) is 5.56 Å². The second kappa shape index (κ2) is 7.37. The molecular formula is C27H18O3. The van der Waals surface area contributed by atoms with E-state index in [1.165, 1.54) is 5.39 Å². The van der Waals surface area contributed by atoms with Gasteiger partial charge in [0.2, 0.25) is 0 Å². The number of benzene rings is 4. The Balaban J connectivity index is 1.43. The Bertz CT molecular complexity index is 1410. The third-order valence-corrected chi connectivity index (χ3v) is 5.21. The maximum Gasteiger partial charge on any atom is 0.335 e. The van der Waals surface area contributed by atoms with E-state index in [0.717, 1.165) is 38.8 Å². The minimum Gasteiger partial charge on any atom is -0.478 e. The van der Waals surface area contributed by atoms with Crippen LogP contribution < -0.4 is 0 Å². The predicted octanol–water partition coefficient (Wildman–Crippen LogP) is 7.12. The van der Waals surface area contributed by atoms with E-state index >= 15 is 0 Å². The van der Waals surface area contributed by atoms with Crippen LogP contribution in [0.25, 0.3) is 45.2 Å². The lowest BCUT2D eigenvalue weighted by Crippen LogP contribution is -1.95. The molecule has 0 radical (unpaired) electrons. The fourth-order valence-corrected chi connectivity index (χ4v) is 3.64. The van der Waals surface area contributed by atoms with Gasteiger partial charge in [0.15, 0.2) is 0 Å². The first-order chi connectivity index (χ1) is 14.7. The maximum absolute atomic E-state index is 11.1. The van der Waals surface area contributed by atoms with Gasteiger partial charge < -0.3 is 9.52 Å². The van der Waals surface area contributed by atoms with Crippen molar-refractivity contribution >= 4 is 39.9 Å². The van der Waals surface area contributed by atoms with Crippen LogP contribution in [0.2, 0.25) is 0 Å². The van der Waals surface area contributed by atoms with Gasteiger partial charge in [-0.2, -0.15) is 0 Å². The third-order valence-electron chi connectivity index (χ3n) is 5.21. The molecule has 0 fully saturated rings. The number of hydrogen-bond donors (Lipinski definition) is 1. The lowest BCUT2D eigenvalue weighted by atomic mass is 10.1. The average Bonchev–Trinajstić information content (AvgIpc) is 3.23. The average molecular weight is 390 g/mol. The van der Waals surface area contributed by atoms with Gasteiger partial charge in [0.25, 0.3) is 0 Å². The van der Waals surface area contributed by atoms with E-state index in [1.807, 2.05) is 54.6 Å². The van der Waals surface area contributed by atoms with Crippen molar-refractivity contribution in [2.45, 2.75) is 0 Å². The van der Waals surface area contributed by atoms with Crippen LogP contribution in [0, 0.1) is 0 Å². The molecule has 5 rings (SSSR count). The zero-order chi connectivity index (χ0) is 20.5. The summed E-state index contributed by atoms with van der Waals surface area (Å²) in [5.74, 6) is -0.0840. The molecule has 3 nitrogen and oxygen atoms in total. The largest absolute Gasteiger partial charge is 0.478 e. The van der Waals surface area contributed by atoms with Gasteiger partial charge in [0.05, 0.1) is 5.56 Å². The molecule has 0 saturated heterocycles. The quantitative estimate of drug-likeness (QED) is 0.332. The topological polar surface area (TPSA) is 50.4 Å². The molecule has 0 aliphatic rings. The van der Waals surface area contributed by atoms with Crippen LogP contribution in [0.5, 0.6) is 0 Å². The van der Waals surface area contributed by atoms with Gasteiger partial charge in [-0.1, -0.05) is 84.9 Å². The van der Waals surface area contributed by atoms with Crippen LogP contribution >= 0.6 is 0 Å². The zero-order valence-electron chi connectivity index (χ0n) is 16.1. The first-order valence-corrected chi connectivity index (χ1v) is 9.70. The number of aromatic carboxylic acids is 1. The van der Waals surface area contributed by atoms with Gasteiger partial charge in [0.1, 0.15) is 11.3 Å². The summed E-state index contributed by atoms with van der Waals surface area (Å²) in [5, 5.41) is 12.5. The Labute approximate surface area is 173 Å². The number of carboxylic acid groups (broad SMARTS) is 1. The molecule has 30 heavy (non-hydrogen) atoms. The summed E-state index contributed by atoms with van der Waals surface area (Å²) in [4.78, 5) is 11.1. The van der Waals surface area contributed by atoms with Crippen LogP contribution in [0.4, 0.5) is 0 Å². The number of carboxylic acids is 1. The Kier molecular flexibility index (Phi) is 4.41. The van der Waals surface area contributed by atoms with E-state index in [4.69, 9.17) is 9.52 Å². The van der Waals surface area contributed by atoms with E-state index in [9.17, 15) is 4.79 Å². The number of furan rings is 1. The predicted molar refractivity (Wildman–Crippen MR) is 121 cm³/mol. The fraction of sp³-hybridized carbons (Fsp3) is 0. The molecule has 0 unspecified atom stereocenters. The highest BCUT2D eigenvalue weighted by atomic mass is 16.4. The van der Waals surface area contributed by atoms with Crippen LogP contribution in [0.1, 0.15) is 21.5 Å². The molecule has 144 valence electrons. The Hall–Kier alpha value is -4.11. The highest BCUT2D eigenvalue weighted by molar-refractivity contribution is 6.05. The van der Waals surface area contributed by atoms with Crippen LogP contribution in [0.15, 0.2) is 95.4 Å². The summed E-state index contributed by atoms with van der Waals surface area (Å²) in [7, 11) is 0. The van der Waals surface area contributed by atoms with E-state index in [2.05, 4.69) is 30.3 Å². The number of fused-ring (bicyclic) bond motifs is 3. The fourth-order valence-electron chi connectivity index (χ4n) is 3.64. The molecular weight excluding hydrogens is 372 g/mol. The molecule has 3 heteroatoms. The summed E-state index contributed by atoms with van der Waals surface area (Å²) in [5.41, 5.74) is 4.08. The number of carbonyl (C=O) groups is 1. The second-order valence-electron chi connectivity index (χ2n) is 7.20. The Morgan fingerprint density at radius 1 is 0.733 bits per heavy atom. The number of rotatable bonds is 4. The molecule has 4 aromatic carbocycles. The van der Waals surface area contributed by atoms with Crippen LogP contribution in [0.3, 0.4) is 0 Å². The Morgan fingerprint density at radius 3 is 2.33 bits per heavy atom. The summed E-state index contributed by atoms with van der Waals surface area (Å²) in [6, 6.07) is 29.5. The molecule has 0 bridgehead atoms. The van der Waals surface area contributed by atoms with Crippen molar-refractivity contribution in [3.63, 3.8) is 0 Å². The first kappa shape index (κ1) is 18.0. The van der Waals surface area contributed by atoms with Crippen molar-refractivity contribution in [1.82, 2.24) is 0 Å². The van der Waals surface area contributed by atoms with Crippen molar-refractivity contribution in [2.75, 3.05) is 0 Å². The van der Waals surface area contributed by atoms with E-state index < -0.39 is 5.97 Å². The van der Waals surface area contributed by atoms with Crippen molar-refractivity contribution in [3.8, 4) is 11.3 Å². The SMILES string of the molecule is O=C(O)c1cccc(C=Cc2ccc(-c3cc4ccc5ccccc5c4o3)cc2)c1. The summed E-state index contributed by atoms with van der Waals surface area (Å²) >= 11 is 0. The van der Waals surface area contributed by atoms with E-state index in [1.54, 1.807) is 18.2 Å². The van der Waals surface area contributed by atoms with Gasteiger partial charge >= 0.3 is 5.97 Å². The van der Waals surface area contributed by atoms with Crippen molar-refractivity contribution in [2.24, 2.45) is 0 Å². The summed E-state index contributed by atoms with van der Waals surface area (Å²) in [6.07, 6.45) is 3.88. The van der Waals surface area contributed by atoms with Crippen molar-refractivity contribution in [1.29, 1.82) is 0 Å². The maximum atomic E-state index is 11.1. The van der Waals surface area contributed by atoms with Gasteiger partial charge in [-0.3, -0.25) is 0 Å². The molecule has 0 saturated carbocycles. The molecule has 1 aromatic heterocycles. The standard InChI is InChI=1S/C27H18O3/c28-27(29)23-6-3-4-19(16-23)9-8-18-10-12-21(13-11-18)25-17-22-15-14-20-5-1-2-7-24(20)26(22)30-25/h1-17H,(H,28,29). The molecule has 0 atom stereocenters. The summed E-state index contributed by atoms with van der Waals surface area (Å²) < 4.78 is 6.20. The lowest BCUT2D eigenvalue weighted by Gasteiger charge is -2.00. The molecule has 1 heterocycles. The van der Waals surface area contributed by atoms with Crippen LogP contribution in [-0.2, 0) is 0 Å². The molecule has 0 aliphatic heterocycles. The Morgan fingerprint density at radius 2 is 1.50 bits per heavy atom. The van der Waals surface area contributed by atoms with Crippen molar-refractivity contribution in [3.05, 3.63) is 108 Å². The minimum absolute atomic E-state index is 0.282. The molecule has 0 aliphatic carbocycles. The third kappa shape index (κ3) is 3.38. The second-order valence-corrected chi connectivity index (χ2v) is 7.20. The first-order valence-electron chi connectivity index (χ1n) is 9.70. The normalized spacial score (nSPS) is 11.5. The minimum atomic E-state index is -0.923. The monoisotopic (exact) mass is 390 g/mol. The van der Waals surface area contributed by atoms with Gasteiger partial charge in [-0.05, 0) is 34.7 Å². The van der Waals surface area contributed by atoms with Crippen molar-refractivity contribution < 1.29 is 14.3 Å². The van der Waals surface area contributed by atoms with Crippen LogP contribution in [-0.4, -0.2) is 11.1 Å². The lowest BCUT2D eigenvalue weighted by molar-refractivity contribution is 0.0697. The smallest absolute Gasteiger partial charge is 0.335 e. The zero-order valence-corrected chi connectivity index (χ0v) is 16.1. The van der Waals surface area contributed by atoms with E-state index in [0.29, 0.717) is 0 Å². The number of hydrogen-bond acceptors (Lipinski definition) is 2.